The van der Waals surface area contributed by atoms with Crippen LogP contribution in [0.1, 0.15) is 63.4 Å². The van der Waals surface area contributed by atoms with Gasteiger partial charge in [0.25, 0.3) is 0 Å². The highest BCUT2D eigenvalue weighted by molar-refractivity contribution is 6.38. The molecule has 13 heteroatoms. The van der Waals surface area contributed by atoms with Crippen LogP contribution in [0.2, 0.25) is 0 Å². The van der Waals surface area contributed by atoms with Gasteiger partial charge in [-0.3, -0.25) is 4.79 Å². The van der Waals surface area contributed by atoms with E-state index in [4.69, 9.17) is 9.47 Å². The number of methoxy groups -OCH3 is 1. The number of amides is 1. The first-order valence-electron chi connectivity index (χ1n) is 12.5. The number of fused-ring (bicyclic) bond motifs is 1. The number of hydrogen-bond donors (Lipinski definition) is 1. The van der Waals surface area contributed by atoms with Crippen molar-refractivity contribution in [3.05, 3.63) is 33.9 Å². The van der Waals surface area contributed by atoms with Crippen LogP contribution in [-0.2, 0) is 9.39 Å². The van der Waals surface area contributed by atoms with Gasteiger partial charge in [0.05, 0.1) is 18.0 Å². The summed E-state index contributed by atoms with van der Waals surface area (Å²) in [7, 11) is -2.03. The van der Waals surface area contributed by atoms with E-state index in [9.17, 15) is 23.0 Å². The largest absolute Gasteiger partial charge is 0.798 e. The minimum absolute atomic E-state index is 0.0144. The summed E-state index contributed by atoms with van der Waals surface area (Å²) < 4.78 is 57.5. The molecule has 2 atom stereocenters. The Bertz CT molecular complexity index is 1310. The first kappa shape index (κ1) is 27.7. The van der Waals surface area contributed by atoms with Gasteiger partial charge in [0.1, 0.15) is 16.9 Å². The molecule has 0 spiro atoms. The van der Waals surface area contributed by atoms with E-state index in [2.05, 4.69) is 9.97 Å². The molecule has 206 valence electrons. The number of nitrogens with one attached hydrogen (secondary N) is 1. The number of ether oxygens (including phenoxy) is 2. The highest BCUT2D eigenvalue weighted by atomic mass is 19.2. The fourth-order valence-electron chi connectivity index (χ4n) is 4.87. The Balaban J connectivity index is 1.70. The smallest absolute Gasteiger partial charge is 0.492 e. The lowest BCUT2D eigenvalue weighted by Crippen LogP contribution is -2.42. The summed E-state index contributed by atoms with van der Waals surface area (Å²) in [5.74, 6) is -2.12. The topological polar surface area (TPSA) is 99.1 Å². The van der Waals surface area contributed by atoms with Gasteiger partial charge in [-0.2, -0.15) is 0 Å². The molecule has 1 saturated carbocycles. The van der Waals surface area contributed by atoms with Crippen LogP contribution in [0.4, 0.5) is 23.5 Å². The van der Waals surface area contributed by atoms with Crippen molar-refractivity contribution in [1.82, 2.24) is 9.88 Å². The fraction of sp³-hybridized carbons (Fsp3) is 0.560. The SMILES string of the molecule is COc1c(N2CC[C@@H]([C@H](C)NC(=O)OC(C)(C)C)C2)c(F)cc2c(=O)c(C(=O)OB(F)F)cn(C3CC3)c12. The highest BCUT2D eigenvalue weighted by Crippen LogP contribution is 2.44. The van der Waals surface area contributed by atoms with Crippen LogP contribution in [-0.4, -0.2) is 55.9 Å². The molecule has 2 aromatic rings. The number of pyridine rings is 1. The Hall–Kier alpha value is -3.38. The van der Waals surface area contributed by atoms with E-state index in [-0.39, 0.29) is 40.3 Å². The molecule has 0 bridgehead atoms. The number of alkyl carbamates (subject to hydrolysis) is 1. The molecule has 1 aromatic heterocycles. The van der Waals surface area contributed by atoms with Crippen molar-refractivity contribution in [2.24, 2.45) is 5.92 Å². The summed E-state index contributed by atoms with van der Waals surface area (Å²) in [5.41, 5.74) is -1.71. The second-order valence-electron chi connectivity index (χ2n) is 10.7. The number of anilines is 1. The molecule has 2 heterocycles. The highest BCUT2D eigenvalue weighted by Gasteiger charge is 2.36. The van der Waals surface area contributed by atoms with Crippen LogP contribution in [0.15, 0.2) is 17.1 Å². The van der Waals surface area contributed by atoms with Crippen LogP contribution in [0.5, 0.6) is 5.75 Å². The van der Waals surface area contributed by atoms with E-state index in [0.717, 1.165) is 18.9 Å². The molecule has 1 aliphatic carbocycles. The third kappa shape index (κ3) is 5.71. The molecule has 1 aromatic carbocycles. The molecule has 9 nitrogen and oxygen atoms in total. The third-order valence-electron chi connectivity index (χ3n) is 6.75. The maximum Gasteiger partial charge on any atom is 0.798 e. The van der Waals surface area contributed by atoms with Crippen molar-refractivity contribution in [3.63, 3.8) is 0 Å². The summed E-state index contributed by atoms with van der Waals surface area (Å²) in [4.78, 5) is 39.3. The number of hydrogen-bond acceptors (Lipinski definition) is 7. The van der Waals surface area contributed by atoms with Crippen LogP contribution < -0.4 is 20.4 Å². The van der Waals surface area contributed by atoms with Crippen LogP contribution in [0.3, 0.4) is 0 Å². The zero-order chi connectivity index (χ0) is 27.9. The molecule has 1 N–H and O–H groups in total. The monoisotopic (exact) mass is 537 g/mol. The lowest BCUT2D eigenvalue weighted by Gasteiger charge is -2.27. The second-order valence-corrected chi connectivity index (χ2v) is 10.7. The fourth-order valence-corrected chi connectivity index (χ4v) is 4.87. The lowest BCUT2D eigenvalue weighted by atomic mass is 10.0. The summed E-state index contributed by atoms with van der Waals surface area (Å²) >= 11 is 0. The first-order valence-corrected chi connectivity index (χ1v) is 12.5. The summed E-state index contributed by atoms with van der Waals surface area (Å²) in [6, 6.07) is 0.661. The van der Waals surface area contributed by atoms with Gasteiger partial charge in [0.15, 0.2) is 11.6 Å². The standard InChI is InChI=1S/C25H31BF3N3O6/c1-13(30-24(35)37-25(2,3)4)14-8-9-31(11-14)20-18(27)10-16-19(22(20)36-5)32(15-6-7-15)12-17(21(16)33)23(34)38-26(28)29/h10,12-15H,6-9,11H2,1-5H3,(H,30,35)/t13-,14+/m0/s1. The molecule has 2 aliphatic rings. The maximum atomic E-state index is 15.6. The van der Waals surface area contributed by atoms with E-state index in [1.807, 2.05) is 6.92 Å². The second kappa shape index (κ2) is 10.4. The zero-order valence-electron chi connectivity index (χ0n) is 22.0. The van der Waals surface area contributed by atoms with Gasteiger partial charge >= 0.3 is 19.5 Å². The minimum Gasteiger partial charge on any atom is -0.492 e. The molecule has 0 unspecified atom stereocenters. The first-order chi connectivity index (χ1) is 17.8. The molecule has 1 amide bonds. The van der Waals surface area contributed by atoms with Gasteiger partial charge in [-0.05, 0) is 58.9 Å². The molecule has 4 rings (SSSR count). The summed E-state index contributed by atoms with van der Waals surface area (Å²) in [5, 5.41) is 2.68. The number of rotatable bonds is 7. The predicted octanol–water partition coefficient (Wildman–Crippen LogP) is 4.30. The molecule has 2 fully saturated rings. The number of halogens is 3. The van der Waals surface area contributed by atoms with Crippen LogP contribution in [0, 0.1) is 11.7 Å². The Labute approximate surface area is 218 Å². The molecule has 1 aliphatic heterocycles. The van der Waals surface area contributed by atoms with Gasteiger partial charge in [-0.1, -0.05) is 0 Å². The quantitative estimate of drug-likeness (QED) is 0.526. The van der Waals surface area contributed by atoms with Crippen molar-refractivity contribution < 1.29 is 36.7 Å². The Morgan fingerprint density at radius 1 is 1.21 bits per heavy atom. The predicted molar refractivity (Wildman–Crippen MR) is 136 cm³/mol. The molecular formula is C25H31BF3N3O6. The molecular weight excluding hydrogens is 506 g/mol. The van der Waals surface area contributed by atoms with Gasteiger partial charge in [-0.15, -0.1) is 0 Å². The van der Waals surface area contributed by atoms with E-state index in [0.29, 0.717) is 19.5 Å². The summed E-state index contributed by atoms with van der Waals surface area (Å²) in [6.45, 7) is 8.05. The number of carbonyl (C=O) groups is 2. The van der Waals surface area contributed by atoms with Crippen molar-refractivity contribution in [3.8, 4) is 5.75 Å². The Morgan fingerprint density at radius 3 is 2.47 bits per heavy atom. The third-order valence-corrected chi connectivity index (χ3v) is 6.75. The normalized spacial score (nSPS) is 18.3. The zero-order valence-corrected chi connectivity index (χ0v) is 22.0. The van der Waals surface area contributed by atoms with E-state index in [1.54, 1.807) is 30.2 Å². The van der Waals surface area contributed by atoms with E-state index < -0.39 is 41.9 Å². The van der Waals surface area contributed by atoms with Crippen LogP contribution >= 0.6 is 0 Å². The van der Waals surface area contributed by atoms with E-state index >= 15 is 4.39 Å². The van der Waals surface area contributed by atoms with E-state index in [1.165, 1.54) is 13.3 Å². The van der Waals surface area contributed by atoms with Gasteiger partial charge in [0.2, 0.25) is 5.43 Å². The summed E-state index contributed by atoms with van der Waals surface area (Å²) in [6.07, 6.45) is 2.78. The Kier molecular flexibility index (Phi) is 7.58. The van der Waals surface area contributed by atoms with Crippen molar-refractivity contribution in [1.29, 1.82) is 0 Å². The average Bonchev–Trinajstić information content (AvgIpc) is 3.53. The van der Waals surface area contributed by atoms with Gasteiger partial charge in [-0.25, -0.2) is 22.6 Å². The van der Waals surface area contributed by atoms with Crippen molar-refractivity contribution >= 4 is 36.1 Å². The molecule has 1 saturated heterocycles. The Morgan fingerprint density at radius 2 is 1.89 bits per heavy atom. The lowest BCUT2D eigenvalue weighted by molar-refractivity contribution is 0.0494. The minimum atomic E-state index is -3.39. The van der Waals surface area contributed by atoms with Gasteiger partial charge in [0, 0.05) is 31.4 Å². The molecule has 0 radical (unpaired) electrons. The number of nitrogens with zero attached hydrogens (tertiary/aromatic N) is 2. The van der Waals surface area contributed by atoms with Crippen LogP contribution in [0.25, 0.3) is 10.9 Å². The number of carbonyl (C=O) groups excluding carboxylic acids is 2. The molecule has 38 heavy (non-hydrogen) atoms. The van der Waals surface area contributed by atoms with Gasteiger partial charge < -0.3 is 28.9 Å². The van der Waals surface area contributed by atoms with Crippen molar-refractivity contribution in [2.75, 3.05) is 25.1 Å². The van der Waals surface area contributed by atoms with Crippen molar-refractivity contribution in [2.45, 2.75) is 64.6 Å². The average molecular weight is 537 g/mol. The number of benzene rings is 1. The number of aromatic nitrogens is 1. The maximum absolute atomic E-state index is 15.6.